The van der Waals surface area contributed by atoms with Crippen LogP contribution in [0.4, 0.5) is 16.2 Å². The fraction of sp³-hybridized carbons (Fsp3) is 0.364. The van der Waals surface area contributed by atoms with E-state index >= 15 is 0 Å². The summed E-state index contributed by atoms with van der Waals surface area (Å²) >= 11 is 0. The molecule has 6 heteroatoms. The van der Waals surface area contributed by atoms with E-state index in [4.69, 9.17) is 0 Å². The second kappa shape index (κ2) is 9.37. The third-order valence-electron chi connectivity index (χ3n) is 5.18. The molecule has 28 heavy (non-hydrogen) atoms. The smallest absolute Gasteiger partial charge is 0.319 e. The van der Waals surface area contributed by atoms with Crippen molar-refractivity contribution >= 4 is 23.2 Å². The van der Waals surface area contributed by atoms with Crippen LogP contribution in [0.3, 0.4) is 0 Å². The van der Waals surface area contributed by atoms with Crippen molar-refractivity contribution in [2.75, 3.05) is 29.9 Å². The molecule has 2 aromatic carbocycles. The summed E-state index contributed by atoms with van der Waals surface area (Å²) in [5.41, 5.74) is 3.46. The number of rotatable bonds is 6. The molecule has 2 aromatic rings. The maximum Gasteiger partial charge on any atom is 0.319 e. The van der Waals surface area contributed by atoms with Gasteiger partial charge < -0.3 is 20.6 Å². The summed E-state index contributed by atoms with van der Waals surface area (Å²) in [5, 5.41) is 14.8. The van der Waals surface area contributed by atoms with Crippen LogP contribution in [-0.2, 0) is 6.54 Å². The van der Waals surface area contributed by atoms with Crippen molar-refractivity contribution in [2.45, 2.75) is 26.3 Å². The van der Waals surface area contributed by atoms with Gasteiger partial charge >= 0.3 is 6.03 Å². The number of aliphatic hydroxyl groups is 1. The minimum atomic E-state index is -0.286. The minimum absolute atomic E-state index is 0.00258. The molecule has 0 saturated carbocycles. The van der Waals surface area contributed by atoms with Gasteiger partial charge in [-0.2, -0.15) is 0 Å². The first-order valence-corrected chi connectivity index (χ1v) is 9.66. The molecule has 0 aromatic heterocycles. The van der Waals surface area contributed by atoms with Crippen LogP contribution in [0.15, 0.2) is 48.5 Å². The maximum atomic E-state index is 12.1. The Bertz CT molecular complexity index is 795. The zero-order valence-electron chi connectivity index (χ0n) is 16.1. The van der Waals surface area contributed by atoms with Gasteiger partial charge in [-0.3, -0.25) is 4.79 Å². The summed E-state index contributed by atoms with van der Waals surface area (Å²) < 4.78 is 0. The highest BCUT2D eigenvalue weighted by Gasteiger charge is 2.18. The molecule has 1 saturated heterocycles. The van der Waals surface area contributed by atoms with E-state index in [0.29, 0.717) is 23.7 Å². The van der Waals surface area contributed by atoms with E-state index in [-0.39, 0.29) is 18.4 Å². The number of amides is 2. The monoisotopic (exact) mass is 381 g/mol. The Morgan fingerprint density at radius 2 is 1.68 bits per heavy atom. The van der Waals surface area contributed by atoms with E-state index in [1.807, 2.05) is 12.1 Å². The first kappa shape index (κ1) is 19.9. The van der Waals surface area contributed by atoms with E-state index in [0.717, 1.165) is 31.5 Å². The number of hydrogen-bond donors (Lipinski definition) is 3. The summed E-state index contributed by atoms with van der Waals surface area (Å²) in [4.78, 5) is 25.7. The van der Waals surface area contributed by atoms with Crippen LogP contribution in [0.2, 0.25) is 0 Å². The van der Waals surface area contributed by atoms with Gasteiger partial charge in [0.05, 0.1) is 0 Å². The van der Waals surface area contributed by atoms with Crippen molar-refractivity contribution in [3.05, 3.63) is 59.7 Å². The number of aliphatic hydroxyl groups excluding tert-OH is 1. The number of benzene rings is 2. The van der Waals surface area contributed by atoms with Crippen LogP contribution in [0.5, 0.6) is 0 Å². The van der Waals surface area contributed by atoms with Crippen LogP contribution in [-0.4, -0.2) is 36.6 Å². The normalized spacial score (nSPS) is 14.6. The van der Waals surface area contributed by atoms with E-state index < -0.39 is 0 Å². The van der Waals surface area contributed by atoms with Gasteiger partial charge in [-0.25, -0.2) is 4.79 Å². The number of Topliss-reactive ketones (excluding diaryl/α,β-unsaturated/α-hetero) is 1. The molecule has 1 fully saturated rings. The number of nitrogens with one attached hydrogen (secondary N) is 2. The predicted molar refractivity (Wildman–Crippen MR) is 111 cm³/mol. The third kappa shape index (κ3) is 5.33. The van der Waals surface area contributed by atoms with Gasteiger partial charge in [0.15, 0.2) is 5.78 Å². The number of carbonyl (C=O) groups excluding carboxylic acids is 2. The van der Waals surface area contributed by atoms with Gasteiger partial charge in [0, 0.05) is 43.2 Å². The largest absolute Gasteiger partial charge is 0.396 e. The Labute approximate surface area is 165 Å². The summed E-state index contributed by atoms with van der Waals surface area (Å²) in [6.07, 6.45) is 2.04. The van der Waals surface area contributed by atoms with Crippen LogP contribution in [0.25, 0.3) is 0 Å². The van der Waals surface area contributed by atoms with E-state index in [1.165, 1.54) is 12.6 Å². The lowest BCUT2D eigenvalue weighted by atomic mass is 9.97. The average Bonchev–Trinajstić information content (AvgIpc) is 2.73. The van der Waals surface area contributed by atoms with Crippen molar-refractivity contribution in [2.24, 2.45) is 5.92 Å². The lowest BCUT2D eigenvalue weighted by Gasteiger charge is -2.33. The Hall–Kier alpha value is -2.86. The van der Waals surface area contributed by atoms with Crippen molar-refractivity contribution in [1.29, 1.82) is 0 Å². The maximum absolute atomic E-state index is 12.1. The molecule has 3 rings (SSSR count). The molecule has 0 spiro atoms. The van der Waals surface area contributed by atoms with Crippen LogP contribution in [0, 0.1) is 5.92 Å². The Morgan fingerprint density at radius 3 is 2.25 bits per heavy atom. The van der Waals surface area contributed by atoms with Crippen molar-refractivity contribution < 1.29 is 14.7 Å². The van der Waals surface area contributed by atoms with Crippen LogP contribution in [0.1, 0.15) is 35.7 Å². The molecule has 0 atom stereocenters. The number of urea groups is 1. The highest BCUT2D eigenvalue weighted by molar-refractivity contribution is 5.95. The lowest BCUT2D eigenvalue weighted by molar-refractivity contribution is 0.101. The second-order valence-electron chi connectivity index (χ2n) is 7.22. The molecule has 2 amide bonds. The third-order valence-corrected chi connectivity index (χ3v) is 5.18. The second-order valence-corrected chi connectivity index (χ2v) is 7.22. The fourth-order valence-electron chi connectivity index (χ4n) is 3.34. The van der Waals surface area contributed by atoms with Gasteiger partial charge in [0.25, 0.3) is 0 Å². The molecule has 6 nitrogen and oxygen atoms in total. The van der Waals surface area contributed by atoms with E-state index in [2.05, 4.69) is 27.7 Å². The average molecular weight is 381 g/mol. The quantitative estimate of drug-likeness (QED) is 0.670. The molecule has 0 radical (unpaired) electrons. The van der Waals surface area contributed by atoms with Crippen molar-refractivity contribution in [3.63, 3.8) is 0 Å². The number of nitrogens with zero attached hydrogens (tertiary/aromatic N) is 1. The molecule has 1 aliphatic rings. The van der Waals surface area contributed by atoms with E-state index in [1.54, 1.807) is 24.3 Å². The predicted octanol–water partition coefficient (Wildman–Crippen LogP) is 3.42. The summed E-state index contributed by atoms with van der Waals surface area (Å²) in [7, 11) is 0. The topological polar surface area (TPSA) is 81.7 Å². The molecule has 0 aliphatic carbocycles. The first-order valence-electron chi connectivity index (χ1n) is 9.66. The number of hydrogen-bond acceptors (Lipinski definition) is 4. The molecule has 148 valence electrons. The first-order chi connectivity index (χ1) is 13.5. The molecule has 0 bridgehead atoms. The van der Waals surface area contributed by atoms with Gasteiger partial charge in [-0.05, 0) is 67.6 Å². The zero-order chi connectivity index (χ0) is 19.9. The SMILES string of the molecule is CC(=O)c1ccc(NC(=O)NCc2ccc(N3CCC(CO)CC3)cc2)cc1. The number of carbonyl (C=O) groups is 2. The van der Waals surface area contributed by atoms with Gasteiger partial charge in [0.1, 0.15) is 0 Å². The molecule has 3 N–H and O–H groups in total. The summed E-state index contributed by atoms with van der Waals surface area (Å²) in [6, 6.07) is 14.7. The van der Waals surface area contributed by atoms with Crippen LogP contribution >= 0.6 is 0 Å². The van der Waals surface area contributed by atoms with Gasteiger partial charge in [-0.15, -0.1) is 0 Å². The van der Waals surface area contributed by atoms with Gasteiger partial charge in [0.2, 0.25) is 0 Å². The fourth-order valence-corrected chi connectivity index (χ4v) is 3.34. The van der Waals surface area contributed by atoms with Crippen molar-refractivity contribution in [3.8, 4) is 0 Å². The summed E-state index contributed by atoms with van der Waals surface area (Å²) in [6.45, 7) is 4.16. The van der Waals surface area contributed by atoms with Crippen LogP contribution < -0.4 is 15.5 Å². The minimum Gasteiger partial charge on any atom is -0.396 e. The lowest BCUT2D eigenvalue weighted by Crippen LogP contribution is -2.34. The van der Waals surface area contributed by atoms with Crippen molar-refractivity contribution in [1.82, 2.24) is 5.32 Å². The Morgan fingerprint density at radius 1 is 1.04 bits per heavy atom. The Balaban J connectivity index is 1.46. The molecule has 0 unspecified atom stereocenters. The number of anilines is 2. The number of ketones is 1. The molecule has 1 heterocycles. The summed E-state index contributed by atoms with van der Waals surface area (Å²) in [5.74, 6) is 0.425. The molecular formula is C22H27N3O3. The number of piperidine rings is 1. The van der Waals surface area contributed by atoms with Gasteiger partial charge in [-0.1, -0.05) is 12.1 Å². The highest BCUT2D eigenvalue weighted by Crippen LogP contribution is 2.23. The standard InChI is InChI=1S/C22H27N3O3/c1-16(27)19-4-6-20(7-5-19)24-22(28)23-14-17-2-8-21(9-3-17)25-12-10-18(15-26)11-13-25/h2-9,18,26H,10-15H2,1H3,(H2,23,24,28). The van der Waals surface area contributed by atoms with E-state index in [9.17, 15) is 14.7 Å². The Kier molecular flexibility index (Phi) is 6.66. The molecule has 1 aliphatic heterocycles. The highest BCUT2D eigenvalue weighted by atomic mass is 16.3. The molecular weight excluding hydrogens is 354 g/mol. The zero-order valence-corrected chi connectivity index (χ0v) is 16.1.